The molecule has 0 aliphatic heterocycles. The van der Waals surface area contributed by atoms with Crippen molar-refractivity contribution in [1.82, 2.24) is 0 Å². The summed E-state index contributed by atoms with van der Waals surface area (Å²) in [5.74, 6) is 0.153. The lowest BCUT2D eigenvalue weighted by Crippen LogP contribution is -2.35. The van der Waals surface area contributed by atoms with E-state index in [4.69, 9.17) is 0 Å². The van der Waals surface area contributed by atoms with Gasteiger partial charge in [0.25, 0.3) is 0 Å². The van der Waals surface area contributed by atoms with Crippen molar-refractivity contribution in [2.45, 2.75) is 31.8 Å². The summed E-state index contributed by atoms with van der Waals surface area (Å²) in [5, 5.41) is 9.76. The molecule has 0 radical (unpaired) electrons. The molecule has 0 aromatic carbocycles. The van der Waals surface area contributed by atoms with E-state index in [0.29, 0.717) is 25.7 Å². The summed E-state index contributed by atoms with van der Waals surface area (Å²) in [7, 11) is 0. The van der Waals surface area contributed by atoms with Crippen molar-refractivity contribution < 1.29 is 9.90 Å². The molecule has 2 nitrogen and oxygen atoms in total. The van der Waals surface area contributed by atoms with Crippen LogP contribution in [0.3, 0.4) is 0 Å². The summed E-state index contributed by atoms with van der Waals surface area (Å²) in [6.45, 7) is 7.25. The Labute approximate surface area is 79.0 Å². The summed E-state index contributed by atoms with van der Waals surface area (Å²) >= 11 is 0. The number of carbonyl (C=O) groups is 1. The Balaban J connectivity index is 2.91. The van der Waals surface area contributed by atoms with Crippen LogP contribution in [-0.4, -0.2) is 17.0 Å². The normalized spacial score (nSPS) is 25.9. The van der Waals surface area contributed by atoms with Crippen molar-refractivity contribution in [3.8, 4) is 0 Å². The van der Waals surface area contributed by atoms with Gasteiger partial charge >= 0.3 is 0 Å². The van der Waals surface area contributed by atoms with Crippen LogP contribution in [0.5, 0.6) is 0 Å². The van der Waals surface area contributed by atoms with Crippen LogP contribution in [0.2, 0.25) is 0 Å². The van der Waals surface area contributed by atoms with Gasteiger partial charge in [-0.05, 0) is 19.3 Å². The first-order chi connectivity index (χ1) is 6.17. The summed E-state index contributed by atoms with van der Waals surface area (Å²) in [6.07, 6.45) is 5.07. The number of aliphatic hydroxyl groups is 1. The zero-order chi connectivity index (χ0) is 9.90. The van der Waals surface area contributed by atoms with E-state index >= 15 is 0 Å². The van der Waals surface area contributed by atoms with Crippen LogP contribution >= 0.6 is 0 Å². The molecule has 0 spiro atoms. The van der Waals surface area contributed by atoms with E-state index in [1.54, 1.807) is 12.2 Å². The molecule has 72 valence electrons. The number of hydrogen-bond donors (Lipinski definition) is 1. The Kier molecular flexibility index (Phi) is 3.04. The SMILES string of the molecule is C=CCC1(CC=C)C(=O)CCC1O. The predicted octanol–water partition coefficient (Wildman–Crippen LogP) is 1.85. The van der Waals surface area contributed by atoms with Crippen LogP contribution < -0.4 is 0 Å². The maximum absolute atomic E-state index is 11.6. The number of Topliss-reactive ketones (excluding diaryl/α,β-unsaturated/α-hetero) is 1. The van der Waals surface area contributed by atoms with E-state index in [-0.39, 0.29) is 5.78 Å². The molecule has 1 N–H and O–H groups in total. The molecule has 1 aliphatic carbocycles. The van der Waals surface area contributed by atoms with Gasteiger partial charge in [-0.3, -0.25) is 4.79 Å². The van der Waals surface area contributed by atoms with Crippen LogP contribution in [0.15, 0.2) is 25.3 Å². The van der Waals surface area contributed by atoms with Gasteiger partial charge in [0.05, 0.1) is 11.5 Å². The van der Waals surface area contributed by atoms with Gasteiger partial charge in [0.2, 0.25) is 0 Å². The van der Waals surface area contributed by atoms with Crippen molar-refractivity contribution in [3.63, 3.8) is 0 Å². The standard InChI is InChI=1S/C11H16O2/c1-3-7-11(8-4-2)9(12)5-6-10(11)13/h3-4,9,12H,1-2,5-8H2. The number of allylic oxidation sites excluding steroid dienone is 2. The second-order valence-corrected chi connectivity index (χ2v) is 3.62. The van der Waals surface area contributed by atoms with Gasteiger partial charge in [0.15, 0.2) is 0 Å². The first kappa shape index (κ1) is 10.2. The molecule has 0 aromatic heterocycles. The van der Waals surface area contributed by atoms with Crippen molar-refractivity contribution >= 4 is 5.78 Å². The molecule has 1 saturated carbocycles. The van der Waals surface area contributed by atoms with E-state index < -0.39 is 11.5 Å². The number of hydrogen-bond acceptors (Lipinski definition) is 2. The maximum Gasteiger partial charge on any atom is 0.142 e. The Morgan fingerprint density at radius 2 is 2.00 bits per heavy atom. The van der Waals surface area contributed by atoms with Crippen LogP contribution in [0, 0.1) is 5.41 Å². The second-order valence-electron chi connectivity index (χ2n) is 3.62. The largest absolute Gasteiger partial charge is 0.392 e. The van der Waals surface area contributed by atoms with Gasteiger partial charge in [-0.25, -0.2) is 0 Å². The summed E-state index contributed by atoms with van der Waals surface area (Å²) in [6, 6.07) is 0. The Hall–Kier alpha value is -0.890. The second kappa shape index (κ2) is 3.88. The van der Waals surface area contributed by atoms with Crippen LogP contribution in [0.25, 0.3) is 0 Å². The highest BCUT2D eigenvalue weighted by Gasteiger charge is 2.46. The van der Waals surface area contributed by atoms with Gasteiger partial charge < -0.3 is 5.11 Å². The molecule has 0 saturated heterocycles. The average Bonchev–Trinajstić information content (AvgIpc) is 2.35. The fourth-order valence-corrected chi connectivity index (χ4v) is 2.08. The first-order valence-corrected chi connectivity index (χ1v) is 4.60. The molecule has 0 bridgehead atoms. The van der Waals surface area contributed by atoms with Crippen molar-refractivity contribution in [1.29, 1.82) is 0 Å². The van der Waals surface area contributed by atoms with Crippen molar-refractivity contribution in [2.75, 3.05) is 0 Å². The third-order valence-corrected chi connectivity index (χ3v) is 2.86. The molecule has 0 aromatic rings. The molecular weight excluding hydrogens is 164 g/mol. The maximum atomic E-state index is 11.6. The van der Waals surface area contributed by atoms with Crippen LogP contribution in [0.4, 0.5) is 0 Å². The first-order valence-electron chi connectivity index (χ1n) is 4.60. The zero-order valence-electron chi connectivity index (χ0n) is 7.83. The number of ketones is 1. The lowest BCUT2D eigenvalue weighted by Gasteiger charge is -2.28. The fourth-order valence-electron chi connectivity index (χ4n) is 2.08. The predicted molar refractivity (Wildman–Crippen MR) is 52.3 cm³/mol. The number of aliphatic hydroxyl groups excluding tert-OH is 1. The van der Waals surface area contributed by atoms with Gasteiger partial charge in [0.1, 0.15) is 5.78 Å². The Bertz CT molecular complexity index is 220. The van der Waals surface area contributed by atoms with Crippen molar-refractivity contribution in [3.05, 3.63) is 25.3 Å². The monoisotopic (exact) mass is 180 g/mol. The quantitative estimate of drug-likeness (QED) is 0.670. The average molecular weight is 180 g/mol. The van der Waals surface area contributed by atoms with Crippen molar-refractivity contribution in [2.24, 2.45) is 5.41 Å². The molecule has 1 atom stereocenters. The van der Waals surface area contributed by atoms with E-state index in [1.807, 2.05) is 0 Å². The van der Waals surface area contributed by atoms with E-state index in [9.17, 15) is 9.90 Å². The smallest absolute Gasteiger partial charge is 0.142 e. The zero-order valence-corrected chi connectivity index (χ0v) is 7.83. The number of carbonyl (C=O) groups excluding carboxylic acids is 1. The highest BCUT2D eigenvalue weighted by atomic mass is 16.3. The van der Waals surface area contributed by atoms with Crippen LogP contribution in [0.1, 0.15) is 25.7 Å². The Morgan fingerprint density at radius 3 is 2.31 bits per heavy atom. The highest BCUT2D eigenvalue weighted by Crippen LogP contribution is 2.41. The number of rotatable bonds is 4. The fraction of sp³-hybridized carbons (Fsp3) is 0.545. The van der Waals surface area contributed by atoms with Gasteiger partial charge in [-0.15, -0.1) is 13.2 Å². The lowest BCUT2D eigenvalue weighted by molar-refractivity contribution is -0.128. The summed E-state index contributed by atoms with van der Waals surface area (Å²) in [5.41, 5.74) is -0.608. The van der Waals surface area contributed by atoms with E-state index in [0.717, 1.165) is 0 Å². The molecule has 2 heteroatoms. The highest BCUT2D eigenvalue weighted by molar-refractivity contribution is 5.88. The van der Waals surface area contributed by atoms with Gasteiger partial charge in [0, 0.05) is 6.42 Å². The van der Waals surface area contributed by atoms with E-state index in [2.05, 4.69) is 13.2 Å². The lowest BCUT2D eigenvalue weighted by atomic mass is 9.77. The van der Waals surface area contributed by atoms with Gasteiger partial charge in [-0.2, -0.15) is 0 Å². The minimum atomic E-state index is -0.608. The molecule has 1 rings (SSSR count). The van der Waals surface area contributed by atoms with E-state index in [1.165, 1.54) is 0 Å². The third kappa shape index (κ3) is 1.59. The molecule has 1 unspecified atom stereocenters. The molecule has 1 fully saturated rings. The molecule has 13 heavy (non-hydrogen) atoms. The molecule has 1 aliphatic rings. The van der Waals surface area contributed by atoms with Gasteiger partial charge in [-0.1, -0.05) is 12.2 Å². The summed E-state index contributed by atoms with van der Waals surface area (Å²) < 4.78 is 0. The molecular formula is C11H16O2. The minimum absolute atomic E-state index is 0.153. The summed E-state index contributed by atoms with van der Waals surface area (Å²) in [4.78, 5) is 11.6. The van der Waals surface area contributed by atoms with Crippen LogP contribution in [-0.2, 0) is 4.79 Å². The molecule has 0 heterocycles. The Morgan fingerprint density at radius 1 is 1.46 bits per heavy atom. The minimum Gasteiger partial charge on any atom is -0.392 e. The topological polar surface area (TPSA) is 37.3 Å². The molecule has 0 amide bonds. The third-order valence-electron chi connectivity index (χ3n) is 2.86.